The molecule has 1 nitrogen and oxygen atoms in total. The molecular formula is C11H14OS. The molecule has 1 fully saturated rings. The van der Waals surface area contributed by atoms with Gasteiger partial charge in [0.15, 0.2) is 0 Å². The Balaban J connectivity index is 2.14. The molecule has 0 aliphatic carbocycles. The Bertz CT molecular complexity index is 279. The number of aromatic hydroxyl groups is 1. The molecule has 1 atom stereocenters. The molecule has 1 saturated heterocycles. The van der Waals surface area contributed by atoms with Crippen molar-refractivity contribution >= 4 is 11.8 Å². The van der Waals surface area contributed by atoms with Crippen LogP contribution in [0.25, 0.3) is 0 Å². The largest absolute Gasteiger partial charge is 0.508 e. The Morgan fingerprint density at radius 3 is 3.00 bits per heavy atom. The van der Waals surface area contributed by atoms with Gasteiger partial charge in [-0.05, 0) is 42.2 Å². The highest BCUT2D eigenvalue weighted by Gasteiger charge is 2.15. The molecule has 0 amide bonds. The van der Waals surface area contributed by atoms with Crippen LogP contribution in [-0.4, -0.2) is 16.6 Å². The highest BCUT2D eigenvalue weighted by atomic mass is 32.2. The monoisotopic (exact) mass is 194 g/mol. The van der Waals surface area contributed by atoms with Crippen molar-refractivity contribution in [3.63, 3.8) is 0 Å². The second-order valence-electron chi connectivity index (χ2n) is 3.51. The van der Waals surface area contributed by atoms with E-state index < -0.39 is 0 Å². The Kier molecular flexibility index (Phi) is 2.79. The van der Waals surface area contributed by atoms with Gasteiger partial charge in [-0.25, -0.2) is 0 Å². The van der Waals surface area contributed by atoms with E-state index in [0.29, 0.717) is 11.7 Å². The summed E-state index contributed by atoms with van der Waals surface area (Å²) in [4.78, 5) is 0. The van der Waals surface area contributed by atoms with Crippen LogP contribution in [0.3, 0.4) is 0 Å². The number of hydrogen-bond acceptors (Lipinski definition) is 2. The third-order valence-electron chi connectivity index (χ3n) is 2.50. The van der Waals surface area contributed by atoms with Gasteiger partial charge >= 0.3 is 0 Å². The first-order valence-electron chi connectivity index (χ1n) is 4.73. The maximum atomic E-state index is 9.34. The molecule has 1 aromatic rings. The molecule has 0 saturated carbocycles. The lowest BCUT2D eigenvalue weighted by Gasteiger charge is -2.21. The van der Waals surface area contributed by atoms with Crippen LogP contribution in [0, 0.1) is 0 Å². The molecule has 0 bridgehead atoms. The van der Waals surface area contributed by atoms with Gasteiger partial charge in [0.1, 0.15) is 5.75 Å². The van der Waals surface area contributed by atoms with E-state index in [1.54, 1.807) is 6.07 Å². The zero-order valence-corrected chi connectivity index (χ0v) is 8.39. The smallest absolute Gasteiger partial charge is 0.115 e. The van der Waals surface area contributed by atoms with Gasteiger partial charge < -0.3 is 5.11 Å². The molecule has 1 heterocycles. The number of hydrogen-bond donors (Lipinski definition) is 1. The predicted octanol–water partition coefficient (Wildman–Crippen LogP) is 3.00. The van der Waals surface area contributed by atoms with Crippen LogP contribution in [0.15, 0.2) is 24.3 Å². The predicted molar refractivity (Wildman–Crippen MR) is 57.4 cm³/mol. The van der Waals surface area contributed by atoms with Crippen molar-refractivity contribution in [3.05, 3.63) is 29.8 Å². The minimum absolute atomic E-state index is 0.396. The molecular weight excluding hydrogens is 180 g/mol. The van der Waals surface area contributed by atoms with Crippen LogP contribution < -0.4 is 0 Å². The quantitative estimate of drug-likeness (QED) is 0.741. The third-order valence-corrected chi connectivity index (χ3v) is 3.72. The molecule has 0 spiro atoms. The van der Waals surface area contributed by atoms with E-state index in [1.807, 2.05) is 23.9 Å². The van der Waals surface area contributed by atoms with Gasteiger partial charge in [-0.15, -0.1) is 0 Å². The zero-order valence-electron chi connectivity index (χ0n) is 7.57. The maximum Gasteiger partial charge on any atom is 0.115 e. The summed E-state index contributed by atoms with van der Waals surface area (Å²) in [5.74, 6) is 3.57. The number of phenols is 1. The summed E-state index contributed by atoms with van der Waals surface area (Å²) >= 11 is 2.02. The van der Waals surface area contributed by atoms with Crippen molar-refractivity contribution in [2.45, 2.75) is 18.8 Å². The van der Waals surface area contributed by atoms with E-state index in [9.17, 15) is 5.11 Å². The van der Waals surface area contributed by atoms with E-state index in [-0.39, 0.29) is 0 Å². The molecule has 0 aromatic heterocycles. The van der Waals surface area contributed by atoms with Crippen LogP contribution in [0.5, 0.6) is 5.75 Å². The lowest BCUT2D eigenvalue weighted by atomic mass is 9.96. The van der Waals surface area contributed by atoms with Gasteiger partial charge in [-0.2, -0.15) is 11.8 Å². The van der Waals surface area contributed by atoms with Gasteiger partial charge in [0.25, 0.3) is 0 Å². The lowest BCUT2D eigenvalue weighted by molar-refractivity contribution is 0.473. The fraction of sp³-hybridized carbons (Fsp3) is 0.455. The first kappa shape index (κ1) is 8.95. The molecule has 1 N–H and O–H groups in total. The fourth-order valence-corrected chi connectivity index (χ4v) is 2.96. The van der Waals surface area contributed by atoms with Gasteiger partial charge in [0.2, 0.25) is 0 Å². The molecule has 1 unspecified atom stereocenters. The summed E-state index contributed by atoms with van der Waals surface area (Å²) < 4.78 is 0. The first-order valence-corrected chi connectivity index (χ1v) is 5.88. The second-order valence-corrected chi connectivity index (χ2v) is 4.66. The normalized spacial score (nSPS) is 22.9. The van der Waals surface area contributed by atoms with E-state index in [4.69, 9.17) is 0 Å². The Labute approximate surface area is 83.2 Å². The lowest BCUT2D eigenvalue weighted by Crippen LogP contribution is -2.08. The van der Waals surface area contributed by atoms with E-state index in [2.05, 4.69) is 6.07 Å². The molecule has 1 aromatic carbocycles. The molecule has 2 heteroatoms. The maximum absolute atomic E-state index is 9.34. The fourth-order valence-electron chi connectivity index (χ4n) is 1.78. The van der Waals surface area contributed by atoms with E-state index >= 15 is 0 Å². The number of benzene rings is 1. The third kappa shape index (κ3) is 2.19. The van der Waals surface area contributed by atoms with Crippen molar-refractivity contribution in [1.82, 2.24) is 0 Å². The van der Waals surface area contributed by atoms with E-state index in [1.165, 1.54) is 29.9 Å². The number of rotatable bonds is 1. The summed E-state index contributed by atoms with van der Waals surface area (Å²) in [5, 5.41) is 9.34. The Hall–Kier alpha value is -0.630. The van der Waals surface area contributed by atoms with Crippen molar-refractivity contribution in [1.29, 1.82) is 0 Å². The molecule has 0 radical (unpaired) electrons. The van der Waals surface area contributed by atoms with Crippen LogP contribution in [0.2, 0.25) is 0 Å². The van der Waals surface area contributed by atoms with Crippen molar-refractivity contribution in [2.24, 2.45) is 0 Å². The molecule has 13 heavy (non-hydrogen) atoms. The van der Waals surface area contributed by atoms with E-state index in [0.717, 1.165) is 0 Å². The molecule has 70 valence electrons. The SMILES string of the molecule is Oc1cccc(C2CCCSC2)c1. The number of phenolic OH excluding ortho intramolecular Hbond substituents is 1. The average Bonchev–Trinajstić information content (AvgIpc) is 2.19. The molecule has 2 rings (SSSR count). The zero-order chi connectivity index (χ0) is 9.10. The van der Waals surface area contributed by atoms with Crippen molar-refractivity contribution < 1.29 is 5.11 Å². The summed E-state index contributed by atoms with van der Waals surface area (Å²) in [6.07, 6.45) is 2.58. The summed E-state index contributed by atoms with van der Waals surface area (Å²) in [5.41, 5.74) is 1.30. The summed E-state index contributed by atoms with van der Waals surface area (Å²) in [7, 11) is 0. The van der Waals surface area contributed by atoms with Crippen LogP contribution in [0.4, 0.5) is 0 Å². The van der Waals surface area contributed by atoms with Crippen LogP contribution >= 0.6 is 11.8 Å². The van der Waals surface area contributed by atoms with Gasteiger partial charge in [-0.3, -0.25) is 0 Å². The highest BCUT2D eigenvalue weighted by molar-refractivity contribution is 7.99. The second kappa shape index (κ2) is 4.05. The van der Waals surface area contributed by atoms with Gasteiger partial charge in [0, 0.05) is 5.75 Å². The summed E-state index contributed by atoms with van der Waals surface area (Å²) in [6.45, 7) is 0. The first-order chi connectivity index (χ1) is 6.36. The molecule has 1 aliphatic rings. The van der Waals surface area contributed by atoms with Crippen LogP contribution in [0.1, 0.15) is 24.3 Å². The Morgan fingerprint density at radius 1 is 1.38 bits per heavy atom. The van der Waals surface area contributed by atoms with Gasteiger partial charge in [0.05, 0.1) is 0 Å². The van der Waals surface area contributed by atoms with Gasteiger partial charge in [-0.1, -0.05) is 12.1 Å². The number of thioether (sulfide) groups is 1. The van der Waals surface area contributed by atoms with Crippen LogP contribution in [-0.2, 0) is 0 Å². The minimum atomic E-state index is 0.396. The molecule has 1 aliphatic heterocycles. The standard InChI is InChI=1S/C11H14OS/c12-11-5-1-3-9(7-11)10-4-2-6-13-8-10/h1,3,5,7,10,12H,2,4,6,8H2. The Morgan fingerprint density at radius 2 is 2.31 bits per heavy atom. The topological polar surface area (TPSA) is 20.2 Å². The summed E-state index contributed by atoms with van der Waals surface area (Å²) in [6, 6.07) is 7.69. The highest BCUT2D eigenvalue weighted by Crippen LogP contribution is 2.32. The average molecular weight is 194 g/mol. The van der Waals surface area contributed by atoms with Crippen molar-refractivity contribution in [3.8, 4) is 5.75 Å². The minimum Gasteiger partial charge on any atom is -0.508 e. The van der Waals surface area contributed by atoms with Crippen molar-refractivity contribution in [2.75, 3.05) is 11.5 Å².